The first-order chi connectivity index (χ1) is 8.24. The number of likely N-dealkylation sites (tertiary alicyclic amines) is 1. The summed E-state index contributed by atoms with van der Waals surface area (Å²) in [7, 11) is 2.09. The third-order valence-corrected chi connectivity index (χ3v) is 4.93. The van der Waals surface area contributed by atoms with Crippen molar-refractivity contribution >= 4 is 0 Å². The molecule has 1 saturated heterocycles. The maximum Gasteiger partial charge on any atom is 0.0224 e. The Morgan fingerprint density at radius 1 is 1.12 bits per heavy atom. The second kappa shape index (κ2) is 6.19. The molecule has 2 heteroatoms. The zero-order valence-electron chi connectivity index (χ0n) is 11.9. The molecule has 2 nitrogen and oxygen atoms in total. The first kappa shape index (κ1) is 13.4. The molecule has 1 aliphatic heterocycles. The van der Waals surface area contributed by atoms with Crippen molar-refractivity contribution in [3.63, 3.8) is 0 Å². The molecule has 3 unspecified atom stereocenters. The first-order valence-electron chi connectivity index (χ1n) is 7.64. The lowest BCUT2D eigenvalue weighted by Gasteiger charge is -2.43. The summed E-state index contributed by atoms with van der Waals surface area (Å²) in [5.41, 5.74) is 0. The predicted molar refractivity (Wildman–Crippen MR) is 74.2 cm³/mol. The minimum absolute atomic E-state index is 0.810. The molecule has 100 valence electrons. The molecule has 3 atom stereocenters. The molecule has 0 bridgehead atoms. The SMILES string of the molecule is CNCC1CCCN1C1CCCCC1C(C)C. The number of nitrogens with one attached hydrogen (secondary N) is 1. The molecular formula is C15H30N2. The fourth-order valence-electron chi connectivity index (χ4n) is 4.08. The number of rotatable bonds is 4. The second-order valence-corrected chi connectivity index (χ2v) is 6.35. The molecule has 0 aromatic rings. The van der Waals surface area contributed by atoms with Gasteiger partial charge in [0.25, 0.3) is 0 Å². The lowest BCUT2D eigenvalue weighted by molar-refractivity contribution is 0.0690. The predicted octanol–water partition coefficient (Wildman–Crippen LogP) is 2.89. The van der Waals surface area contributed by atoms with Crippen molar-refractivity contribution in [1.82, 2.24) is 10.2 Å². The van der Waals surface area contributed by atoms with Gasteiger partial charge in [0.15, 0.2) is 0 Å². The van der Waals surface area contributed by atoms with E-state index in [-0.39, 0.29) is 0 Å². The monoisotopic (exact) mass is 238 g/mol. The highest BCUT2D eigenvalue weighted by Crippen LogP contribution is 2.36. The van der Waals surface area contributed by atoms with Gasteiger partial charge in [-0.2, -0.15) is 0 Å². The topological polar surface area (TPSA) is 15.3 Å². The van der Waals surface area contributed by atoms with Gasteiger partial charge in [0.1, 0.15) is 0 Å². The van der Waals surface area contributed by atoms with Crippen LogP contribution < -0.4 is 5.32 Å². The van der Waals surface area contributed by atoms with E-state index in [2.05, 4.69) is 31.1 Å². The smallest absolute Gasteiger partial charge is 0.0224 e. The average Bonchev–Trinajstić information content (AvgIpc) is 2.77. The van der Waals surface area contributed by atoms with Gasteiger partial charge in [0.2, 0.25) is 0 Å². The third-order valence-electron chi connectivity index (χ3n) is 4.93. The molecule has 2 aliphatic rings. The molecule has 0 aromatic heterocycles. The van der Waals surface area contributed by atoms with E-state index < -0.39 is 0 Å². The van der Waals surface area contributed by atoms with E-state index in [1.165, 1.54) is 51.6 Å². The van der Waals surface area contributed by atoms with Gasteiger partial charge in [0.05, 0.1) is 0 Å². The van der Waals surface area contributed by atoms with Crippen LogP contribution in [0.3, 0.4) is 0 Å². The van der Waals surface area contributed by atoms with Crippen LogP contribution in [0.2, 0.25) is 0 Å². The molecule has 2 fully saturated rings. The summed E-state index contributed by atoms with van der Waals surface area (Å²) in [6, 6.07) is 1.69. The Kier molecular flexibility index (Phi) is 4.87. The Morgan fingerprint density at radius 2 is 1.88 bits per heavy atom. The number of nitrogens with zero attached hydrogens (tertiary/aromatic N) is 1. The van der Waals surface area contributed by atoms with Crippen molar-refractivity contribution in [2.45, 2.75) is 64.5 Å². The van der Waals surface area contributed by atoms with E-state index in [1.54, 1.807) is 0 Å². The summed E-state index contributed by atoms with van der Waals surface area (Å²) < 4.78 is 0. The first-order valence-corrected chi connectivity index (χ1v) is 7.64. The molecule has 0 spiro atoms. The van der Waals surface area contributed by atoms with E-state index in [0.717, 1.165) is 23.9 Å². The molecule has 1 N–H and O–H groups in total. The number of likely N-dealkylation sites (N-methyl/N-ethyl adjacent to an activating group) is 1. The zero-order valence-corrected chi connectivity index (χ0v) is 11.9. The second-order valence-electron chi connectivity index (χ2n) is 6.35. The summed E-state index contributed by atoms with van der Waals surface area (Å²) in [5, 5.41) is 3.38. The van der Waals surface area contributed by atoms with Crippen LogP contribution in [0.1, 0.15) is 52.4 Å². The molecule has 1 saturated carbocycles. The standard InChI is InChI=1S/C15H30N2/c1-12(2)14-8-4-5-9-15(14)17-10-6-7-13(17)11-16-3/h12-16H,4-11H2,1-3H3. The number of hydrogen-bond acceptors (Lipinski definition) is 2. The van der Waals surface area contributed by atoms with Crippen molar-refractivity contribution in [2.75, 3.05) is 20.1 Å². The minimum Gasteiger partial charge on any atom is -0.318 e. The third kappa shape index (κ3) is 3.03. The van der Waals surface area contributed by atoms with Gasteiger partial charge in [0, 0.05) is 18.6 Å². The summed E-state index contributed by atoms with van der Waals surface area (Å²) in [6.45, 7) is 7.37. The van der Waals surface area contributed by atoms with Crippen molar-refractivity contribution < 1.29 is 0 Å². The van der Waals surface area contributed by atoms with E-state index in [1.807, 2.05) is 0 Å². The quantitative estimate of drug-likeness (QED) is 0.810. The summed E-state index contributed by atoms with van der Waals surface area (Å²) in [6.07, 6.45) is 8.64. The lowest BCUT2D eigenvalue weighted by Crippen LogP contribution is -2.49. The maximum atomic E-state index is 3.38. The Labute approximate surface area is 107 Å². The molecule has 1 aliphatic carbocycles. The van der Waals surface area contributed by atoms with Crippen LogP contribution in [0.5, 0.6) is 0 Å². The maximum absolute atomic E-state index is 3.38. The highest BCUT2D eigenvalue weighted by atomic mass is 15.2. The normalized spacial score (nSPS) is 35.6. The van der Waals surface area contributed by atoms with Crippen LogP contribution in [-0.2, 0) is 0 Å². The van der Waals surface area contributed by atoms with Gasteiger partial charge in [-0.1, -0.05) is 26.7 Å². The van der Waals surface area contributed by atoms with E-state index in [9.17, 15) is 0 Å². The number of hydrogen-bond donors (Lipinski definition) is 1. The Bertz CT molecular complexity index is 227. The van der Waals surface area contributed by atoms with Gasteiger partial charge in [-0.15, -0.1) is 0 Å². The van der Waals surface area contributed by atoms with Gasteiger partial charge < -0.3 is 5.32 Å². The van der Waals surface area contributed by atoms with Gasteiger partial charge in [-0.3, -0.25) is 4.90 Å². The lowest BCUT2D eigenvalue weighted by atomic mass is 9.77. The van der Waals surface area contributed by atoms with Crippen molar-refractivity contribution in [3.8, 4) is 0 Å². The minimum atomic E-state index is 0.810. The molecule has 0 aromatic carbocycles. The molecule has 0 amide bonds. The van der Waals surface area contributed by atoms with Crippen LogP contribution in [0.15, 0.2) is 0 Å². The van der Waals surface area contributed by atoms with E-state index >= 15 is 0 Å². The Hall–Kier alpha value is -0.0800. The van der Waals surface area contributed by atoms with Crippen molar-refractivity contribution in [1.29, 1.82) is 0 Å². The Balaban J connectivity index is 2.02. The fraction of sp³-hybridized carbons (Fsp3) is 1.00. The van der Waals surface area contributed by atoms with Crippen molar-refractivity contribution in [2.24, 2.45) is 11.8 Å². The summed E-state index contributed by atoms with van der Waals surface area (Å²) >= 11 is 0. The van der Waals surface area contributed by atoms with Crippen LogP contribution in [0.4, 0.5) is 0 Å². The molecule has 2 rings (SSSR count). The van der Waals surface area contributed by atoms with Gasteiger partial charge in [-0.25, -0.2) is 0 Å². The van der Waals surface area contributed by atoms with Crippen LogP contribution >= 0.6 is 0 Å². The summed E-state index contributed by atoms with van der Waals surface area (Å²) in [5.74, 6) is 1.80. The zero-order chi connectivity index (χ0) is 12.3. The molecule has 1 heterocycles. The van der Waals surface area contributed by atoms with Crippen LogP contribution in [0, 0.1) is 11.8 Å². The van der Waals surface area contributed by atoms with E-state index in [4.69, 9.17) is 0 Å². The van der Waals surface area contributed by atoms with Crippen molar-refractivity contribution in [3.05, 3.63) is 0 Å². The summed E-state index contributed by atoms with van der Waals surface area (Å²) in [4.78, 5) is 2.85. The van der Waals surface area contributed by atoms with Gasteiger partial charge >= 0.3 is 0 Å². The Morgan fingerprint density at radius 3 is 2.59 bits per heavy atom. The van der Waals surface area contributed by atoms with Gasteiger partial charge in [-0.05, 0) is 51.1 Å². The largest absolute Gasteiger partial charge is 0.318 e. The van der Waals surface area contributed by atoms with Crippen LogP contribution in [-0.4, -0.2) is 37.1 Å². The fourth-order valence-corrected chi connectivity index (χ4v) is 4.08. The molecule has 0 radical (unpaired) electrons. The average molecular weight is 238 g/mol. The highest BCUT2D eigenvalue weighted by molar-refractivity contribution is 4.91. The molecule has 17 heavy (non-hydrogen) atoms. The van der Waals surface area contributed by atoms with Crippen LogP contribution in [0.25, 0.3) is 0 Å². The van der Waals surface area contributed by atoms with E-state index in [0.29, 0.717) is 0 Å². The molecular weight excluding hydrogens is 208 g/mol. The highest BCUT2D eigenvalue weighted by Gasteiger charge is 2.37.